The number of phenols is 1. The molecular formula is C14H20O. The maximum absolute atomic E-state index is 9.22. The van der Waals surface area contributed by atoms with Crippen molar-refractivity contribution in [1.29, 1.82) is 0 Å². The Bertz CT molecular complexity index is 322. The summed E-state index contributed by atoms with van der Waals surface area (Å²) >= 11 is 0. The number of phenolic OH excluding ortho intramolecular Hbond substituents is 1. The minimum absolute atomic E-state index is 0.331. The van der Waals surface area contributed by atoms with E-state index in [0.29, 0.717) is 11.7 Å². The van der Waals surface area contributed by atoms with Crippen molar-refractivity contribution in [3.63, 3.8) is 0 Å². The minimum atomic E-state index is 0.331. The number of rotatable bonds is 4. The highest BCUT2D eigenvalue weighted by atomic mass is 16.3. The van der Waals surface area contributed by atoms with E-state index in [1.54, 1.807) is 12.1 Å². The van der Waals surface area contributed by atoms with Crippen molar-refractivity contribution in [2.24, 2.45) is 5.92 Å². The predicted molar refractivity (Wildman–Crippen MR) is 65.8 cm³/mol. The lowest BCUT2D eigenvalue weighted by molar-refractivity contribution is 0.475. The molecule has 1 nitrogen and oxygen atoms in total. The van der Waals surface area contributed by atoms with E-state index in [1.807, 2.05) is 12.1 Å². The van der Waals surface area contributed by atoms with Crippen LogP contribution in [0.15, 0.2) is 30.3 Å². The molecule has 0 bridgehead atoms. The Morgan fingerprint density at radius 1 is 1.33 bits per heavy atom. The van der Waals surface area contributed by atoms with Crippen LogP contribution in [0.25, 0.3) is 5.57 Å². The molecule has 1 heteroatoms. The molecular weight excluding hydrogens is 184 g/mol. The standard InChI is InChI=1S/C14H20O/c1-4-11(3)10-12(5-2)13-6-8-14(15)9-7-13/h5-9,11,15H,4,10H2,1-3H3/b12-5+/t11-/m0/s1. The van der Waals surface area contributed by atoms with Gasteiger partial charge in [0.1, 0.15) is 5.75 Å². The lowest BCUT2D eigenvalue weighted by Gasteiger charge is -2.12. The fourth-order valence-electron chi connectivity index (χ4n) is 1.60. The van der Waals surface area contributed by atoms with E-state index in [-0.39, 0.29) is 0 Å². The Morgan fingerprint density at radius 3 is 2.40 bits per heavy atom. The lowest BCUT2D eigenvalue weighted by atomic mass is 9.94. The first-order valence-electron chi connectivity index (χ1n) is 5.62. The van der Waals surface area contributed by atoms with E-state index in [4.69, 9.17) is 0 Å². The maximum atomic E-state index is 9.22. The second kappa shape index (κ2) is 5.59. The molecule has 15 heavy (non-hydrogen) atoms. The monoisotopic (exact) mass is 204 g/mol. The molecule has 0 aliphatic heterocycles. The van der Waals surface area contributed by atoms with Crippen LogP contribution in [0.2, 0.25) is 0 Å². The molecule has 0 fully saturated rings. The van der Waals surface area contributed by atoms with Crippen molar-refractivity contribution in [1.82, 2.24) is 0 Å². The molecule has 0 saturated heterocycles. The largest absolute Gasteiger partial charge is 0.508 e. The highest BCUT2D eigenvalue weighted by molar-refractivity contribution is 5.65. The second-order valence-electron chi connectivity index (χ2n) is 4.08. The average Bonchev–Trinajstić information content (AvgIpc) is 2.27. The molecule has 0 saturated carbocycles. The van der Waals surface area contributed by atoms with E-state index in [0.717, 1.165) is 6.42 Å². The first-order chi connectivity index (χ1) is 7.17. The molecule has 0 aliphatic carbocycles. The zero-order valence-electron chi connectivity index (χ0n) is 9.83. The lowest BCUT2D eigenvalue weighted by Crippen LogP contribution is -1.94. The third-order valence-corrected chi connectivity index (χ3v) is 2.85. The van der Waals surface area contributed by atoms with Crippen LogP contribution in [0, 0.1) is 5.92 Å². The molecule has 0 aromatic heterocycles. The van der Waals surface area contributed by atoms with Crippen LogP contribution in [0.1, 0.15) is 39.2 Å². The molecule has 0 heterocycles. The number of aromatic hydroxyl groups is 1. The van der Waals surface area contributed by atoms with Crippen molar-refractivity contribution in [3.8, 4) is 5.75 Å². The van der Waals surface area contributed by atoms with Crippen molar-refractivity contribution >= 4 is 5.57 Å². The fourth-order valence-corrected chi connectivity index (χ4v) is 1.60. The second-order valence-corrected chi connectivity index (χ2v) is 4.08. The SMILES string of the molecule is C/C=C(\C[C@@H](C)CC)c1ccc(O)cc1. The van der Waals surface area contributed by atoms with Gasteiger partial charge in [-0.15, -0.1) is 0 Å². The molecule has 0 unspecified atom stereocenters. The highest BCUT2D eigenvalue weighted by Gasteiger charge is 2.05. The third-order valence-electron chi connectivity index (χ3n) is 2.85. The molecule has 0 amide bonds. The van der Waals surface area contributed by atoms with Crippen LogP contribution in [-0.2, 0) is 0 Å². The van der Waals surface area contributed by atoms with Crippen molar-refractivity contribution < 1.29 is 5.11 Å². The Labute approximate surface area is 92.5 Å². The zero-order chi connectivity index (χ0) is 11.3. The van der Waals surface area contributed by atoms with Gasteiger partial charge < -0.3 is 5.11 Å². The van der Waals surface area contributed by atoms with Crippen LogP contribution in [0.3, 0.4) is 0 Å². The van der Waals surface area contributed by atoms with Crippen LogP contribution in [0.5, 0.6) is 5.75 Å². The summed E-state index contributed by atoms with van der Waals surface area (Å²) in [6.07, 6.45) is 4.48. The van der Waals surface area contributed by atoms with Gasteiger partial charge in [0.25, 0.3) is 0 Å². The summed E-state index contributed by atoms with van der Waals surface area (Å²) in [5, 5.41) is 9.22. The van der Waals surface area contributed by atoms with E-state index < -0.39 is 0 Å². The molecule has 0 spiro atoms. The fraction of sp³-hybridized carbons (Fsp3) is 0.429. The van der Waals surface area contributed by atoms with Gasteiger partial charge in [-0.3, -0.25) is 0 Å². The van der Waals surface area contributed by atoms with Gasteiger partial charge in [0.2, 0.25) is 0 Å². The summed E-state index contributed by atoms with van der Waals surface area (Å²) in [7, 11) is 0. The van der Waals surface area contributed by atoms with Crippen LogP contribution in [0.4, 0.5) is 0 Å². The third kappa shape index (κ3) is 3.43. The van der Waals surface area contributed by atoms with Crippen LogP contribution >= 0.6 is 0 Å². The van der Waals surface area contributed by atoms with Crippen molar-refractivity contribution in [2.45, 2.75) is 33.6 Å². The van der Waals surface area contributed by atoms with Gasteiger partial charge in [0.15, 0.2) is 0 Å². The van der Waals surface area contributed by atoms with E-state index in [2.05, 4.69) is 26.8 Å². The van der Waals surface area contributed by atoms with E-state index in [1.165, 1.54) is 17.6 Å². The first kappa shape index (κ1) is 11.8. The first-order valence-corrected chi connectivity index (χ1v) is 5.62. The van der Waals surface area contributed by atoms with Gasteiger partial charge in [-0.25, -0.2) is 0 Å². The summed E-state index contributed by atoms with van der Waals surface area (Å²) in [5.41, 5.74) is 2.58. The normalized spacial score (nSPS) is 13.9. The summed E-state index contributed by atoms with van der Waals surface area (Å²) in [4.78, 5) is 0. The van der Waals surface area contributed by atoms with Crippen LogP contribution < -0.4 is 0 Å². The van der Waals surface area contributed by atoms with Gasteiger partial charge in [-0.2, -0.15) is 0 Å². The minimum Gasteiger partial charge on any atom is -0.508 e. The van der Waals surface area contributed by atoms with Gasteiger partial charge in [0.05, 0.1) is 0 Å². The molecule has 82 valence electrons. The Balaban J connectivity index is 2.80. The maximum Gasteiger partial charge on any atom is 0.115 e. The summed E-state index contributed by atoms with van der Waals surface area (Å²) < 4.78 is 0. The zero-order valence-corrected chi connectivity index (χ0v) is 9.83. The summed E-state index contributed by atoms with van der Waals surface area (Å²) in [6.45, 7) is 6.56. The smallest absolute Gasteiger partial charge is 0.115 e. The van der Waals surface area contributed by atoms with Gasteiger partial charge in [0, 0.05) is 0 Å². The quantitative estimate of drug-likeness (QED) is 0.778. The highest BCUT2D eigenvalue weighted by Crippen LogP contribution is 2.25. The molecule has 0 radical (unpaired) electrons. The molecule has 1 rings (SSSR count). The molecule has 1 atom stereocenters. The Hall–Kier alpha value is -1.24. The predicted octanol–water partition coefficient (Wildman–Crippen LogP) is 4.23. The Morgan fingerprint density at radius 2 is 1.93 bits per heavy atom. The molecule has 0 aliphatic rings. The number of benzene rings is 1. The number of hydrogen-bond acceptors (Lipinski definition) is 1. The average molecular weight is 204 g/mol. The summed E-state index contributed by atoms with van der Waals surface area (Å²) in [6, 6.07) is 7.45. The van der Waals surface area contributed by atoms with E-state index in [9.17, 15) is 5.11 Å². The van der Waals surface area contributed by atoms with Crippen molar-refractivity contribution in [2.75, 3.05) is 0 Å². The number of hydrogen-bond donors (Lipinski definition) is 1. The van der Waals surface area contributed by atoms with Crippen molar-refractivity contribution in [3.05, 3.63) is 35.9 Å². The van der Waals surface area contributed by atoms with E-state index >= 15 is 0 Å². The Kier molecular flexibility index (Phi) is 4.41. The van der Waals surface area contributed by atoms with Gasteiger partial charge in [-0.05, 0) is 42.5 Å². The molecule has 1 aromatic rings. The van der Waals surface area contributed by atoms with Gasteiger partial charge >= 0.3 is 0 Å². The van der Waals surface area contributed by atoms with Gasteiger partial charge in [-0.1, -0.05) is 38.5 Å². The molecule has 1 N–H and O–H groups in total. The summed E-state index contributed by atoms with van der Waals surface area (Å²) in [5.74, 6) is 1.04. The molecule has 1 aromatic carbocycles. The number of allylic oxidation sites excluding steroid dienone is 2. The topological polar surface area (TPSA) is 20.2 Å². The van der Waals surface area contributed by atoms with Crippen LogP contribution in [-0.4, -0.2) is 5.11 Å².